The third-order valence-corrected chi connectivity index (χ3v) is 16.7. The van der Waals surface area contributed by atoms with Crippen LogP contribution in [-0.4, -0.2) is 163 Å². The average molecular weight is 1160 g/mol. The number of carbonyl (C=O) groups excluding carboxylic acids is 8. The standard InChI is InChI=1S/C63H94N4O16/c1-18-30-79-61(75)47-31-44(27-28-50(47)82-62-58(81-43(13)69)39(9)38(8)56(83-62)42(12)68)34-80-63(76)66(15)53(36(5)6)49(70)32-46(35(3)4)60(74)65(14)54(37(7)19-2)51(77-16)33-52(71)67-29-23-26-48(67)57(78-17)40(10)59(73)64-41(11)55(72)45-24-21-20-22-25-45/h18,20-22,24-25,27-28,31,35-41,46,48,51,53-58,62,72H,1,19,23,26,29-30,32-34H2,2-17H3,(H,64,73)/t37?,38-,39-,40+,41+,46-,48-,51+,53-,54-,55+,56-,57+,58+,62?/m0/s1. The quantitative estimate of drug-likeness (QED) is 0.0429. The van der Waals surface area contributed by atoms with Gasteiger partial charge in [-0.2, -0.15) is 0 Å². The molecule has 2 aromatic carbocycles. The van der Waals surface area contributed by atoms with E-state index in [1.807, 2.05) is 59.7 Å². The average Bonchev–Trinajstić information content (AvgIpc) is 4.02. The number of likely N-dealkylation sites (N-methyl/N-ethyl adjacent to an activating group) is 2. The maximum absolute atomic E-state index is 14.9. The summed E-state index contributed by atoms with van der Waals surface area (Å²) >= 11 is 0. The van der Waals surface area contributed by atoms with Gasteiger partial charge in [0.25, 0.3) is 0 Å². The van der Waals surface area contributed by atoms with Crippen molar-refractivity contribution < 1.29 is 76.6 Å². The normalized spacial score (nSPS) is 22.1. The molecule has 20 heteroatoms. The Morgan fingerprint density at radius 2 is 1.53 bits per heavy atom. The molecule has 2 N–H and O–H groups in total. The van der Waals surface area contributed by atoms with Crippen molar-refractivity contribution >= 4 is 47.3 Å². The van der Waals surface area contributed by atoms with Crippen LogP contribution in [0.2, 0.25) is 0 Å². The van der Waals surface area contributed by atoms with Crippen LogP contribution in [0.4, 0.5) is 4.79 Å². The molecule has 462 valence electrons. The Kier molecular flexibility index (Phi) is 26.8. The van der Waals surface area contributed by atoms with Gasteiger partial charge in [0.2, 0.25) is 24.0 Å². The number of carbonyl (C=O) groups is 8. The molecule has 15 atom stereocenters. The van der Waals surface area contributed by atoms with Gasteiger partial charge in [-0.15, -0.1) is 0 Å². The summed E-state index contributed by atoms with van der Waals surface area (Å²) in [5, 5.41) is 13.9. The first-order valence-corrected chi connectivity index (χ1v) is 29.1. The van der Waals surface area contributed by atoms with Crippen molar-refractivity contribution in [3.63, 3.8) is 0 Å². The van der Waals surface area contributed by atoms with Crippen molar-refractivity contribution in [3.8, 4) is 5.75 Å². The van der Waals surface area contributed by atoms with Crippen LogP contribution in [0.5, 0.6) is 5.75 Å². The summed E-state index contributed by atoms with van der Waals surface area (Å²) < 4.78 is 41.1. The van der Waals surface area contributed by atoms with Gasteiger partial charge in [0, 0.05) is 60.0 Å². The zero-order valence-corrected chi connectivity index (χ0v) is 51.8. The Morgan fingerprint density at radius 3 is 2.10 bits per heavy atom. The van der Waals surface area contributed by atoms with Crippen LogP contribution in [0.3, 0.4) is 0 Å². The highest BCUT2D eigenvalue weighted by molar-refractivity contribution is 5.93. The molecular formula is C63H94N4O16. The fourth-order valence-electron chi connectivity index (χ4n) is 11.6. The van der Waals surface area contributed by atoms with Gasteiger partial charge < -0.3 is 58.3 Å². The number of hydrogen-bond acceptors (Lipinski definition) is 16. The van der Waals surface area contributed by atoms with E-state index in [1.54, 1.807) is 62.7 Å². The van der Waals surface area contributed by atoms with Crippen LogP contribution in [0, 0.1) is 41.4 Å². The SMILES string of the molecule is C=CCOC(=O)c1cc(COC(=O)N(C)[C@H](C(=O)C[C@H](C(=O)N(C)[C@@H](C(C)CC)[C@@H](CC(=O)N2CCC[C@H]2[C@H](OC)[C@@H](C)C(=O)N[C@H](C)[C@@H](O)c2ccccc2)OC)C(C)C)C(C)C)ccc1OC1O[C@H](C(C)=O)[C@@H](C)[C@H](C)[C@H]1OC(C)=O. The fraction of sp³-hybridized carbons (Fsp3) is 0.651. The maximum Gasteiger partial charge on any atom is 0.410 e. The monoisotopic (exact) mass is 1160 g/mol. The lowest BCUT2D eigenvalue weighted by atomic mass is 9.82. The predicted octanol–water partition coefficient (Wildman–Crippen LogP) is 7.91. The number of nitrogens with one attached hydrogen (secondary N) is 1. The topological polar surface area (TPSA) is 243 Å². The summed E-state index contributed by atoms with van der Waals surface area (Å²) in [6, 6.07) is 10.9. The zero-order chi connectivity index (χ0) is 62.2. The molecule has 2 aliphatic rings. The summed E-state index contributed by atoms with van der Waals surface area (Å²) in [5.41, 5.74) is 0.944. The first-order valence-electron chi connectivity index (χ1n) is 29.1. The molecule has 2 aromatic rings. The highest BCUT2D eigenvalue weighted by Crippen LogP contribution is 2.37. The van der Waals surface area contributed by atoms with Gasteiger partial charge in [-0.3, -0.25) is 28.8 Å². The number of likely N-dealkylation sites (tertiary alicyclic amines) is 1. The van der Waals surface area contributed by atoms with Gasteiger partial charge in [-0.25, -0.2) is 9.59 Å². The first kappa shape index (κ1) is 69.3. The second-order valence-electron chi connectivity index (χ2n) is 23.3. The molecule has 2 heterocycles. The number of hydrogen-bond donors (Lipinski definition) is 2. The van der Waals surface area contributed by atoms with E-state index in [4.69, 9.17) is 33.2 Å². The van der Waals surface area contributed by atoms with Gasteiger partial charge in [0.05, 0.1) is 54.8 Å². The first-order chi connectivity index (χ1) is 39.1. The van der Waals surface area contributed by atoms with E-state index in [-0.39, 0.29) is 90.3 Å². The number of nitrogens with zero attached hydrogens (tertiary/aromatic N) is 3. The minimum atomic E-state index is -1.28. The second-order valence-corrected chi connectivity index (χ2v) is 23.3. The van der Waals surface area contributed by atoms with Crippen LogP contribution < -0.4 is 10.1 Å². The molecule has 0 saturated carbocycles. The number of ether oxygens (including phenoxy) is 7. The lowest BCUT2D eigenvalue weighted by Gasteiger charge is -2.42. The van der Waals surface area contributed by atoms with E-state index in [2.05, 4.69) is 11.9 Å². The number of benzene rings is 2. The van der Waals surface area contributed by atoms with Crippen LogP contribution in [0.15, 0.2) is 61.2 Å². The van der Waals surface area contributed by atoms with Gasteiger partial charge >= 0.3 is 18.0 Å². The van der Waals surface area contributed by atoms with Crippen molar-refractivity contribution in [2.24, 2.45) is 41.4 Å². The number of aliphatic hydroxyl groups excluding tert-OH is 1. The molecule has 0 bridgehead atoms. The van der Waals surface area contributed by atoms with Crippen LogP contribution in [0.25, 0.3) is 0 Å². The fourth-order valence-corrected chi connectivity index (χ4v) is 11.6. The smallest absolute Gasteiger partial charge is 0.410 e. The van der Waals surface area contributed by atoms with E-state index in [1.165, 1.54) is 58.2 Å². The highest BCUT2D eigenvalue weighted by atomic mass is 16.7. The van der Waals surface area contributed by atoms with E-state index in [0.717, 1.165) is 0 Å². The van der Waals surface area contributed by atoms with Gasteiger partial charge in [-0.1, -0.05) is 118 Å². The minimum Gasteiger partial charge on any atom is -0.460 e. The Morgan fingerprint density at radius 1 is 0.867 bits per heavy atom. The minimum absolute atomic E-state index is 0.0152. The van der Waals surface area contributed by atoms with Crippen molar-refractivity contribution in [3.05, 3.63) is 77.9 Å². The maximum atomic E-state index is 14.9. The van der Waals surface area contributed by atoms with E-state index >= 15 is 0 Å². The molecule has 0 spiro atoms. The van der Waals surface area contributed by atoms with E-state index in [9.17, 15) is 43.5 Å². The third-order valence-electron chi connectivity index (χ3n) is 16.7. The van der Waals surface area contributed by atoms with Gasteiger partial charge in [0.15, 0.2) is 17.7 Å². The Hall–Kier alpha value is -6.22. The van der Waals surface area contributed by atoms with Crippen molar-refractivity contribution in [1.82, 2.24) is 20.0 Å². The molecule has 83 heavy (non-hydrogen) atoms. The highest BCUT2D eigenvalue weighted by Gasteiger charge is 2.48. The molecule has 2 aliphatic heterocycles. The predicted molar refractivity (Wildman–Crippen MR) is 310 cm³/mol. The van der Waals surface area contributed by atoms with Gasteiger partial charge in [-0.05, 0) is 73.6 Å². The second kappa shape index (κ2) is 32.2. The van der Waals surface area contributed by atoms with E-state index in [0.29, 0.717) is 36.9 Å². The van der Waals surface area contributed by atoms with E-state index < -0.39 is 96.8 Å². The number of aliphatic hydroxyl groups is 1. The molecule has 4 amide bonds. The summed E-state index contributed by atoms with van der Waals surface area (Å²) in [6.07, 6.45) is -3.24. The Balaban J connectivity index is 1.49. The molecule has 2 saturated heterocycles. The molecule has 2 fully saturated rings. The van der Waals surface area contributed by atoms with Crippen molar-refractivity contribution in [2.75, 3.05) is 41.5 Å². The molecule has 2 unspecified atom stereocenters. The Bertz CT molecular complexity index is 2520. The summed E-state index contributed by atoms with van der Waals surface area (Å²) in [4.78, 5) is 114. The number of Topliss-reactive ketones (excluding diaryl/α,β-unsaturated/α-hetero) is 2. The molecule has 0 radical (unpaired) electrons. The third kappa shape index (κ3) is 17.9. The number of amides is 4. The molecule has 0 aliphatic carbocycles. The summed E-state index contributed by atoms with van der Waals surface area (Å²) in [5.74, 6) is -5.97. The number of rotatable bonds is 30. The largest absolute Gasteiger partial charge is 0.460 e. The van der Waals surface area contributed by atoms with Crippen LogP contribution >= 0.6 is 0 Å². The molecule has 20 nitrogen and oxygen atoms in total. The number of methoxy groups -OCH3 is 2. The van der Waals surface area contributed by atoms with Gasteiger partial charge in [0.1, 0.15) is 30.6 Å². The summed E-state index contributed by atoms with van der Waals surface area (Å²) in [7, 11) is 6.16. The Labute approximate surface area is 491 Å². The number of ketones is 2. The van der Waals surface area contributed by atoms with Crippen molar-refractivity contribution in [1.29, 1.82) is 0 Å². The molecule has 4 rings (SSSR count). The lowest BCUT2D eigenvalue weighted by molar-refractivity contribution is -0.242. The van der Waals surface area contributed by atoms with Crippen molar-refractivity contribution in [2.45, 2.75) is 183 Å². The molecule has 0 aromatic heterocycles. The zero-order valence-electron chi connectivity index (χ0n) is 51.8. The lowest BCUT2D eigenvalue weighted by Crippen LogP contribution is -2.55. The molecular weight excluding hydrogens is 1070 g/mol. The summed E-state index contributed by atoms with van der Waals surface area (Å²) in [6.45, 7) is 24.6. The van der Waals surface area contributed by atoms with Crippen LogP contribution in [-0.2, 0) is 63.8 Å². The van der Waals surface area contributed by atoms with Crippen LogP contribution in [0.1, 0.15) is 143 Å². The number of esters is 2.